The molecular weight excluding hydrogens is 350 g/mol. The second-order valence-corrected chi connectivity index (χ2v) is 6.36. The van der Waals surface area contributed by atoms with Gasteiger partial charge in [0, 0.05) is 11.6 Å². The van der Waals surface area contributed by atoms with Crippen LogP contribution in [0.5, 0.6) is 5.75 Å². The second-order valence-electron chi connectivity index (χ2n) is 6.36. The zero-order valence-electron chi connectivity index (χ0n) is 16.1. The quantitative estimate of drug-likeness (QED) is 0.522. The molecule has 3 aromatic rings. The fourth-order valence-corrected chi connectivity index (χ4v) is 2.92. The molecule has 0 fully saturated rings. The smallest absolute Gasteiger partial charge is 0.343 e. The molecule has 0 aliphatic rings. The van der Waals surface area contributed by atoms with Crippen LogP contribution in [-0.4, -0.2) is 26.2 Å². The van der Waals surface area contributed by atoms with E-state index in [9.17, 15) is 4.79 Å². The molecule has 0 saturated heterocycles. The minimum Gasteiger partial charge on any atom is -0.482 e. The first-order chi connectivity index (χ1) is 13.7. The molecule has 4 heteroatoms. The van der Waals surface area contributed by atoms with Gasteiger partial charge in [-0.05, 0) is 47.5 Å². The SMILES string of the molecule is COC(=O)COc1ccc(C#CCN[C@H](C)c2cccc3ccccc23)cc1. The Bertz CT molecular complexity index is 994. The lowest BCUT2D eigenvalue weighted by Crippen LogP contribution is -2.19. The molecule has 3 rings (SSSR count). The van der Waals surface area contributed by atoms with Gasteiger partial charge in [-0.15, -0.1) is 0 Å². The molecule has 28 heavy (non-hydrogen) atoms. The topological polar surface area (TPSA) is 47.6 Å². The standard InChI is InChI=1S/C24H23NO3/c1-18(22-11-5-9-20-8-3-4-10-23(20)22)25-16-6-7-19-12-14-21(15-13-19)28-17-24(26)27-2/h3-5,8-15,18,25H,16-17H2,1-2H3/t18-/m1/s1. The molecule has 0 heterocycles. The monoisotopic (exact) mass is 373 g/mol. The van der Waals surface area contributed by atoms with Gasteiger partial charge in [-0.25, -0.2) is 4.79 Å². The number of rotatable bonds is 6. The lowest BCUT2D eigenvalue weighted by Gasteiger charge is -2.15. The first kappa shape index (κ1) is 19.5. The van der Waals surface area contributed by atoms with E-state index in [0.29, 0.717) is 12.3 Å². The number of ether oxygens (including phenoxy) is 2. The molecule has 0 amide bonds. The summed E-state index contributed by atoms with van der Waals surface area (Å²) in [7, 11) is 1.33. The lowest BCUT2D eigenvalue weighted by atomic mass is 10.00. The van der Waals surface area contributed by atoms with Crippen LogP contribution < -0.4 is 10.1 Å². The molecule has 0 radical (unpaired) electrons. The van der Waals surface area contributed by atoms with Gasteiger partial charge in [-0.3, -0.25) is 5.32 Å². The lowest BCUT2D eigenvalue weighted by molar-refractivity contribution is -0.142. The Morgan fingerprint density at radius 3 is 2.57 bits per heavy atom. The fourth-order valence-electron chi connectivity index (χ4n) is 2.92. The van der Waals surface area contributed by atoms with Gasteiger partial charge in [-0.1, -0.05) is 54.3 Å². The van der Waals surface area contributed by atoms with E-state index in [4.69, 9.17) is 4.74 Å². The third-order valence-corrected chi connectivity index (χ3v) is 4.46. The Balaban J connectivity index is 1.55. The summed E-state index contributed by atoms with van der Waals surface area (Å²) < 4.78 is 9.86. The summed E-state index contributed by atoms with van der Waals surface area (Å²) >= 11 is 0. The zero-order chi connectivity index (χ0) is 19.8. The zero-order valence-corrected chi connectivity index (χ0v) is 16.1. The van der Waals surface area contributed by atoms with Gasteiger partial charge in [-0.2, -0.15) is 0 Å². The van der Waals surface area contributed by atoms with Crippen LogP contribution in [-0.2, 0) is 9.53 Å². The number of hydrogen-bond donors (Lipinski definition) is 1. The number of carbonyl (C=O) groups is 1. The largest absolute Gasteiger partial charge is 0.482 e. The average Bonchev–Trinajstić information content (AvgIpc) is 2.75. The van der Waals surface area contributed by atoms with Crippen molar-refractivity contribution in [1.82, 2.24) is 5.32 Å². The highest BCUT2D eigenvalue weighted by Gasteiger charge is 2.07. The summed E-state index contributed by atoms with van der Waals surface area (Å²) in [5, 5.41) is 5.97. The summed E-state index contributed by atoms with van der Waals surface area (Å²) in [4.78, 5) is 11.1. The van der Waals surface area contributed by atoms with E-state index < -0.39 is 5.97 Å². The molecule has 0 aromatic heterocycles. The first-order valence-electron chi connectivity index (χ1n) is 9.17. The Labute approximate surface area is 165 Å². The Hall–Kier alpha value is -3.29. The molecule has 0 aliphatic carbocycles. The first-order valence-corrected chi connectivity index (χ1v) is 9.17. The maximum atomic E-state index is 11.1. The van der Waals surface area contributed by atoms with Gasteiger partial charge in [0.15, 0.2) is 6.61 Å². The van der Waals surface area contributed by atoms with E-state index in [-0.39, 0.29) is 12.6 Å². The Morgan fingerprint density at radius 2 is 1.79 bits per heavy atom. The Morgan fingerprint density at radius 1 is 1.04 bits per heavy atom. The molecule has 0 saturated carbocycles. The molecule has 1 N–H and O–H groups in total. The Kier molecular flexibility index (Phi) is 6.67. The van der Waals surface area contributed by atoms with E-state index in [1.54, 1.807) is 12.1 Å². The molecule has 3 aromatic carbocycles. The van der Waals surface area contributed by atoms with Gasteiger partial charge >= 0.3 is 5.97 Å². The molecule has 1 atom stereocenters. The number of esters is 1. The number of fused-ring (bicyclic) bond motifs is 1. The maximum Gasteiger partial charge on any atom is 0.343 e. The van der Waals surface area contributed by atoms with Crippen molar-refractivity contribution >= 4 is 16.7 Å². The number of methoxy groups -OCH3 is 1. The summed E-state index contributed by atoms with van der Waals surface area (Å²) in [5.74, 6) is 6.49. The molecule has 4 nitrogen and oxygen atoms in total. The van der Waals surface area contributed by atoms with Crippen molar-refractivity contribution < 1.29 is 14.3 Å². The fraction of sp³-hybridized carbons (Fsp3) is 0.208. The van der Waals surface area contributed by atoms with Crippen molar-refractivity contribution in [2.75, 3.05) is 20.3 Å². The maximum absolute atomic E-state index is 11.1. The number of carbonyl (C=O) groups excluding carboxylic acids is 1. The highest BCUT2D eigenvalue weighted by Crippen LogP contribution is 2.23. The summed E-state index contributed by atoms with van der Waals surface area (Å²) in [6, 6.07) is 22.3. The van der Waals surface area contributed by atoms with Gasteiger partial charge in [0.25, 0.3) is 0 Å². The average molecular weight is 373 g/mol. The van der Waals surface area contributed by atoms with Crippen molar-refractivity contribution in [2.24, 2.45) is 0 Å². The van der Waals surface area contributed by atoms with E-state index in [1.165, 1.54) is 23.4 Å². The molecule has 0 aliphatic heterocycles. The van der Waals surface area contributed by atoms with Crippen molar-refractivity contribution in [3.05, 3.63) is 77.9 Å². The van der Waals surface area contributed by atoms with E-state index in [0.717, 1.165) is 5.56 Å². The minimum atomic E-state index is -0.407. The molecule has 0 spiro atoms. The molecular formula is C24H23NO3. The van der Waals surface area contributed by atoms with Gasteiger partial charge in [0.2, 0.25) is 0 Å². The van der Waals surface area contributed by atoms with Crippen LogP contribution in [0, 0.1) is 11.8 Å². The predicted molar refractivity (Wildman–Crippen MR) is 111 cm³/mol. The van der Waals surface area contributed by atoms with Crippen LogP contribution in [0.15, 0.2) is 66.7 Å². The van der Waals surface area contributed by atoms with E-state index in [2.05, 4.69) is 71.3 Å². The molecule has 0 bridgehead atoms. The van der Waals surface area contributed by atoms with E-state index in [1.807, 2.05) is 12.1 Å². The number of nitrogens with one attached hydrogen (secondary N) is 1. The normalized spacial score (nSPS) is 11.4. The summed E-state index contributed by atoms with van der Waals surface area (Å²) in [5.41, 5.74) is 2.16. The van der Waals surface area contributed by atoms with Crippen LogP contribution >= 0.6 is 0 Å². The highest BCUT2D eigenvalue weighted by atomic mass is 16.6. The van der Waals surface area contributed by atoms with Crippen LogP contribution in [0.25, 0.3) is 10.8 Å². The molecule has 142 valence electrons. The number of hydrogen-bond acceptors (Lipinski definition) is 4. The summed E-state index contributed by atoms with van der Waals surface area (Å²) in [6.45, 7) is 2.64. The van der Waals surface area contributed by atoms with E-state index >= 15 is 0 Å². The van der Waals surface area contributed by atoms with Crippen LogP contribution in [0.3, 0.4) is 0 Å². The predicted octanol–water partition coefficient (Wildman–Crippen LogP) is 4.09. The van der Waals surface area contributed by atoms with Crippen LogP contribution in [0.1, 0.15) is 24.1 Å². The van der Waals surface area contributed by atoms with Crippen LogP contribution in [0.4, 0.5) is 0 Å². The van der Waals surface area contributed by atoms with Crippen LogP contribution in [0.2, 0.25) is 0 Å². The third-order valence-electron chi connectivity index (χ3n) is 4.46. The second kappa shape index (κ2) is 9.59. The van der Waals surface area contributed by atoms with Gasteiger partial charge in [0.1, 0.15) is 5.75 Å². The van der Waals surface area contributed by atoms with Crippen molar-refractivity contribution in [3.8, 4) is 17.6 Å². The third kappa shape index (κ3) is 5.12. The minimum absolute atomic E-state index is 0.0997. The van der Waals surface area contributed by atoms with Gasteiger partial charge in [0.05, 0.1) is 13.7 Å². The van der Waals surface area contributed by atoms with Gasteiger partial charge < -0.3 is 9.47 Å². The van der Waals surface area contributed by atoms with Crippen molar-refractivity contribution in [1.29, 1.82) is 0 Å². The molecule has 0 unspecified atom stereocenters. The van der Waals surface area contributed by atoms with Crippen molar-refractivity contribution in [3.63, 3.8) is 0 Å². The van der Waals surface area contributed by atoms with Crippen molar-refractivity contribution in [2.45, 2.75) is 13.0 Å². The highest BCUT2D eigenvalue weighted by molar-refractivity contribution is 5.86. The summed E-state index contributed by atoms with van der Waals surface area (Å²) in [6.07, 6.45) is 0. The number of benzene rings is 3.